The van der Waals surface area contributed by atoms with Crippen molar-refractivity contribution in [1.82, 2.24) is 9.97 Å². The van der Waals surface area contributed by atoms with E-state index in [2.05, 4.69) is 38.0 Å². The van der Waals surface area contributed by atoms with Crippen LogP contribution in [0.4, 0.5) is 0 Å². The molecule has 0 amide bonds. The van der Waals surface area contributed by atoms with E-state index < -0.39 is 0 Å². The van der Waals surface area contributed by atoms with Crippen molar-refractivity contribution in [1.29, 1.82) is 0 Å². The summed E-state index contributed by atoms with van der Waals surface area (Å²) in [6, 6.07) is 8.15. The number of rotatable bonds is 1. The first-order chi connectivity index (χ1) is 7.16. The smallest absolute Gasteiger partial charge is 0.125 e. The van der Waals surface area contributed by atoms with Crippen LogP contribution in [0, 0.1) is 13.8 Å². The highest BCUT2D eigenvalue weighted by Crippen LogP contribution is 2.22. The van der Waals surface area contributed by atoms with E-state index in [4.69, 9.17) is 0 Å². The lowest BCUT2D eigenvalue weighted by Gasteiger charge is -2.05. The summed E-state index contributed by atoms with van der Waals surface area (Å²) < 4.78 is 1.08. The summed E-state index contributed by atoms with van der Waals surface area (Å²) in [7, 11) is 0. The quantitative estimate of drug-likeness (QED) is 0.786. The van der Waals surface area contributed by atoms with Crippen molar-refractivity contribution in [3.8, 4) is 11.3 Å². The standard InChI is InChI=1S/C12H11BrN2/c1-8-7-14-9(2)15-12(8)10-3-5-11(13)6-4-10/h3-7H,1-2H3. The average Bonchev–Trinajstić information content (AvgIpc) is 2.23. The molecule has 0 atom stereocenters. The van der Waals surface area contributed by atoms with Crippen molar-refractivity contribution in [2.75, 3.05) is 0 Å². The molecule has 2 aromatic rings. The summed E-state index contributed by atoms with van der Waals surface area (Å²) in [6.07, 6.45) is 1.86. The third kappa shape index (κ3) is 2.23. The van der Waals surface area contributed by atoms with Crippen LogP contribution in [0.25, 0.3) is 11.3 Å². The SMILES string of the molecule is Cc1ncc(C)c(-c2ccc(Br)cc2)n1. The molecule has 1 aromatic carbocycles. The van der Waals surface area contributed by atoms with Gasteiger partial charge in [-0.15, -0.1) is 0 Å². The molecule has 0 saturated carbocycles. The zero-order valence-electron chi connectivity index (χ0n) is 8.66. The predicted molar refractivity (Wildman–Crippen MR) is 64.6 cm³/mol. The minimum absolute atomic E-state index is 0.804. The van der Waals surface area contributed by atoms with Crippen LogP contribution in [0.3, 0.4) is 0 Å². The third-order valence-corrected chi connectivity index (χ3v) is 2.74. The van der Waals surface area contributed by atoms with E-state index in [1.165, 1.54) is 0 Å². The van der Waals surface area contributed by atoms with Gasteiger partial charge in [0, 0.05) is 16.2 Å². The molecule has 1 heterocycles. The van der Waals surface area contributed by atoms with Gasteiger partial charge in [-0.25, -0.2) is 9.97 Å². The lowest BCUT2D eigenvalue weighted by Crippen LogP contribution is -1.93. The summed E-state index contributed by atoms with van der Waals surface area (Å²) >= 11 is 3.42. The zero-order valence-corrected chi connectivity index (χ0v) is 10.2. The molecule has 3 heteroatoms. The van der Waals surface area contributed by atoms with Crippen LogP contribution in [-0.4, -0.2) is 9.97 Å². The largest absolute Gasteiger partial charge is 0.241 e. The molecule has 76 valence electrons. The molecule has 0 spiro atoms. The molecule has 0 aliphatic heterocycles. The van der Waals surface area contributed by atoms with Gasteiger partial charge in [-0.3, -0.25) is 0 Å². The number of hydrogen-bond acceptors (Lipinski definition) is 2. The van der Waals surface area contributed by atoms with Gasteiger partial charge in [0.25, 0.3) is 0 Å². The number of benzene rings is 1. The molecule has 0 radical (unpaired) electrons. The van der Waals surface area contributed by atoms with E-state index in [1.807, 2.05) is 32.2 Å². The Balaban J connectivity index is 2.53. The Morgan fingerprint density at radius 2 is 1.73 bits per heavy atom. The van der Waals surface area contributed by atoms with Gasteiger partial charge in [0.2, 0.25) is 0 Å². The molecule has 0 N–H and O–H groups in total. The van der Waals surface area contributed by atoms with E-state index in [0.29, 0.717) is 0 Å². The van der Waals surface area contributed by atoms with E-state index in [9.17, 15) is 0 Å². The van der Waals surface area contributed by atoms with Gasteiger partial charge in [0.15, 0.2) is 0 Å². The Labute approximate surface area is 97.5 Å². The summed E-state index contributed by atoms with van der Waals surface area (Å²) in [4.78, 5) is 8.61. The second-order valence-electron chi connectivity index (χ2n) is 3.46. The van der Waals surface area contributed by atoms with Gasteiger partial charge in [0.05, 0.1) is 5.69 Å². The van der Waals surface area contributed by atoms with Gasteiger partial charge in [-0.05, 0) is 31.5 Å². The molecule has 2 nitrogen and oxygen atoms in total. The number of nitrogens with zero attached hydrogens (tertiary/aromatic N) is 2. The lowest BCUT2D eigenvalue weighted by atomic mass is 10.1. The minimum atomic E-state index is 0.804. The van der Waals surface area contributed by atoms with Crippen molar-refractivity contribution in [3.05, 3.63) is 46.3 Å². The monoisotopic (exact) mass is 262 g/mol. The minimum Gasteiger partial charge on any atom is -0.241 e. The maximum absolute atomic E-state index is 4.45. The van der Waals surface area contributed by atoms with Crippen LogP contribution < -0.4 is 0 Å². The van der Waals surface area contributed by atoms with E-state index >= 15 is 0 Å². The predicted octanol–water partition coefficient (Wildman–Crippen LogP) is 3.52. The molecule has 2 rings (SSSR count). The molecule has 1 aromatic heterocycles. The fourth-order valence-electron chi connectivity index (χ4n) is 1.43. The summed E-state index contributed by atoms with van der Waals surface area (Å²) in [5, 5.41) is 0. The normalized spacial score (nSPS) is 10.3. The number of hydrogen-bond donors (Lipinski definition) is 0. The highest BCUT2D eigenvalue weighted by atomic mass is 79.9. The Kier molecular flexibility index (Phi) is 2.82. The first kappa shape index (κ1) is 10.3. The fourth-order valence-corrected chi connectivity index (χ4v) is 1.69. The Hall–Kier alpha value is -1.22. The fraction of sp³-hybridized carbons (Fsp3) is 0.167. The summed E-state index contributed by atoms with van der Waals surface area (Å²) in [5.41, 5.74) is 3.24. The maximum Gasteiger partial charge on any atom is 0.125 e. The first-order valence-electron chi connectivity index (χ1n) is 4.73. The van der Waals surface area contributed by atoms with E-state index in [-0.39, 0.29) is 0 Å². The van der Waals surface area contributed by atoms with Crippen LogP contribution in [0.1, 0.15) is 11.4 Å². The second-order valence-corrected chi connectivity index (χ2v) is 4.37. The van der Waals surface area contributed by atoms with Crippen molar-refractivity contribution >= 4 is 15.9 Å². The topological polar surface area (TPSA) is 25.8 Å². The number of halogens is 1. The molecule has 0 saturated heterocycles. The van der Waals surface area contributed by atoms with Gasteiger partial charge in [0.1, 0.15) is 5.82 Å². The molecule has 0 aliphatic rings. The van der Waals surface area contributed by atoms with Crippen LogP contribution >= 0.6 is 15.9 Å². The average molecular weight is 263 g/mol. The highest BCUT2D eigenvalue weighted by molar-refractivity contribution is 9.10. The Morgan fingerprint density at radius 1 is 1.07 bits per heavy atom. The van der Waals surface area contributed by atoms with E-state index in [1.54, 1.807) is 0 Å². The van der Waals surface area contributed by atoms with Gasteiger partial charge in [-0.2, -0.15) is 0 Å². The van der Waals surface area contributed by atoms with Crippen LogP contribution in [0.2, 0.25) is 0 Å². The zero-order chi connectivity index (χ0) is 10.8. The first-order valence-corrected chi connectivity index (χ1v) is 5.52. The molecule has 0 unspecified atom stereocenters. The van der Waals surface area contributed by atoms with Crippen molar-refractivity contribution in [3.63, 3.8) is 0 Å². The molecule has 0 fully saturated rings. The van der Waals surface area contributed by atoms with Crippen molar-refractivity contribution in [2.45, 2.75) is 13.8 Å². The highest BCUT2D eigenvalue weighted by Gasteiger charge is 2.04. The Morgan fingerprint density at radius 3 is 2.40 bits per heavy atom. The molecular formula is C12H11BrN2. The van der Waals surface area contributed by atoms with Crippen molar-refractivity contribution in [2.24, 2.45) is 0 Å². The number of aryl methyl sites for hydroxylation is 2. The van der Waals surface area contributed by atoms with Crippen LogP contribution in [-0.2, 0) is 0 Å². The Bertz CT molecular complexity index is 477. The molecular weight excluding hydrogens is 252 g/mol. The van der Waals surface area contributed by atoms with Crippen LogP contribution in [0.15, 0.2) is 34.9 Å². The van der Waals surface area contributed by atoms with Crippen molar-refractivity contribution < 1.29 is 0 Å². The third-order valence-electron chi connectivity index (χ3n) is 2.21. The van der Waals surface area contributed by atoms with Crippen LogP contribution in [0.5, 0.6) is 0 Å². The van der Waals surface area contributed by atoms with E-state index in [0.717, 1.165) is 27.1 Å². The van der Waals surface area contributed by atoms with Gasteiger partial charge < -0.3 is 0 Å². The second kappa shape index (κ2) is 4.11. The van der Waals surface area contributed by atoms with Gasteiger partial charge in [-0.1, -0.05) is 28.1 Å². The number of aromatic nitrogens is 2. The lowest BCUT2D eigenvalue weighted by molar-refractivity contribution is 1.04. The summed E-state index contributed by atoms with van der Waals surface area (Å²) in [6.45, 7) is 3.93. The van der Waals surface area contributed by atoms with Gasteiger partial charge >= 0.3 is 0 Å². The maximum atomic E-state index is 4.45. The molecule has 0 aliphatic carbocycles. The molecule has 15 heavy (non-hydrogen) atoms. The molecule has 0 bridgehead atoms. The summed E-state index contributed by atoms with van der Waals surface area (Å²) in [5.74, 6) is 0.804.